The third-order valence-corrected chi connectivity index (χ3v) is 4.04. The largest absolute Gasteiger partial charge is 0.488 e. The minimum atomic E-state index is 0.00916. The van der Waals surface area contributed by atoms with E-state index in [-0.39, 0.29) is 5.60 Å². The molecule has 17 heavy (non-hydrogen) atoms. The van der Waals surface area contributed by atoms with Crippen LogP contribution in [0, 0.1) is 11.8 Å². The Balaban J connectivity index is 2.20. The van der Waals surface area contributed by atoms with E-state index >= 15 is 0 Å². The second-order valence-corrected chi connectivity index (χ2v) is 6.26. The lowest BCUT2D eigenvalue weighted by atomic mass is 9.75. The van der Waals surface area contributed by atoms with Crippen LogP contribution in [0.15, 0.2) is 23.5 Å². The van der Waals surface area contributed by atoms with Gasteiger partial charge in [0.2, 0.25) is 0 Å². The van der Waals surface area contributed by atoms with Crippen LogP contribution in [0.4, 0.5) is 0 Å². The molecule has 96 valence electrons. The summed E-state index contributed by atoms with van der Waals surface area (Å²) >= 11 is 0. The van der Waals surface area contributed by atoms with Crippen molar-refractivity contribution < 1.29 is 4.74 Å². The number of rotatable bonds is 3. The maximum atomic E-state index is 6.15. The van der Waals surface area contributed by atoms with E-state index in [0.717, 1.165) is 12.3 Å². The van der Waals surface area contributed by atoms with Crippen molar-refractivity contribution in [2.24, 2.45) is 11.8 Å². The van der Waals surface area contributed by atoms with Crippen LogP contribution in [0.1, 0.15) is 59.8 Å². The van der Waals surface area contributed by atoms with E-state index in [1.54, 1.807) is 5.57 Å². The van der Waals surface area contributed by atoms with Gasteiger partial charge in [-0.1, -0.05) is 32.8 Å². The first-order chi connectivity index (χ1) is 8.03. The Morgan fingerprint density at radius 3 is 2.88 bits per heavy atom. The van der Waals surface area contributed by atoms with Crippen molar-refractivity contribution in [1.82, 2.24) is 0 Å². The first-order valence-corrected chi connectivity index (χ1v) is 7.13. The fourth-order valence-corrected chi connectivity index (χ4v) is 3.41. The topological polar surface area (TPSA) is 9.23 Å². The van der Waals surface area contributed by atoms with Crippen LogP contribution in [0.2, 0.25) is 0 Å². The Morgan fingerprint density at radius 1 is 1.41 bits per heavy atom. The van der Waals surface area contributed by atoms with E-state index in [0.29, 0.717) is 5.92 Å². The minimum absolute atomic E-state index is 0.00916. The normalized spacial score (nSPS) is 31.1. The molecule has 1 heterocycles. The maximum Gasteiger partial charge on any atom is 0.119 e. The van der Waals surface area contributed by atoms with Crippen LogP contribution in [0.5, 0.6) is 0 Å². The molecule has 2 rings (SSSR count). The van der Waals surface area contributed by atoms with E-state index in [4.69, 9.17) is 4.74 Å². The lowest BCUT2D eigenvalue weighted by molar-refractivity contribution is 0.00110. The minimum Gasteiger partial charge on any atom is -0.488 e. The monoisotopic (exact) mass is 234 g/mol. The van der Waals surface area contributed by atoms with E-state index in [1.807, 2.05) is 0 Å². The smallest absolute Gasteiger partial charge is 0.119 e. The lowest BCUT2D eigenvalue weighted by Crippen LogP contribution is -2.35. The van der Waals surface area contributed by atoms with Gasteiger partial charge in [-0.05, 0) is 56.6 Å². The molecule has 0 saturated heterocycles. The number of hydrogen-bond acceptors (Lipinski definition) is 1. The number of ether oxygens (including phenoxy) is 1. The summed E-state index contributed by atoms with van der Waals surface area (Å²) in [5.41, 5.74) is 1.61. The summed E-state index contributed by atoms with van der Waals surface area (Å²) in [6.45, 7) is 9.06. The molecule has 0 aromatic carbocycles. The van der Waals surface area contributed by atoms with E-state index in [2.05, 4.69) is 39.8 Å². The van der Waals surface area contributed by atoms with Crippen LogP contribution in [0.25, 0.3) is 0 Å². The Bertz CT molecular complexity index is 335. The molecule has 0 amide bonds. The summed E-state index contributed by atoms with van der Waals surface area (Å²) in [4.78, 5) is 0. The zero-order valence-corrected chi connectivity index (χ0v) is 11.8. The molecule has 0 radical (unpaired) electrons. The zero-order valence-electron chi connectivity index (χ0n) is 11.8. The second-order valence-electron chi connectivity index (χ2n) is 6.26. The highest BCUT2D eigenvalue weighted by Crippen LogP contribution is 2.43. The summed E-state index contributed by atoms with van der Waals surface area (Å²) in [7, 11) is 0. The molecular formula is C16H26O. The van der Waals surface area contributed by atoms with Crippen molar-refractivity contribution in [2.45, 2.75) is 65.4 Å². The predicted octanol–water partition coefficient (Wildman–Crippen LogP) is 4.84. The van der Waals surface area contributed by atoms with Gasteiger partial charge in [0.05, 0.1) is 0 Å². The van der Waals surface area contributed by atoms with Crippen molar-refractivity contribution in [1.29, 1.82) is 0 Å². The summed E-state index contributed by atoms with van der Waals surface area (Å²) in [6, 6.07) is 0. The molecular weight excluding hydrogens is 208 g/mol. The van der Waals surface area contributed by atoms with E-state index < -0.39 is 0 Å². The van der Waals surface area contributed by atoms with Crippen molar-refractivity contribution >= 4 is 0 Å². The molecule has 0 N–H and O–H groups in total. The van der Waals surface area contributed by atoms with Crippen molar-refractivity contribution in [3.63, 3.8) is 0 Å². The highest BCUT2D eigenvalue weighted by molar-refractivity contribution is 5.31. The van der Waals surface area contributed by atoms with Crippen LogP contribution in [-0.4, -0.2) is 5.60 Å². The fourth-order valence-electron chi connectivity index (χ4n) is 3.41. The molecule has 1 aliphatic carbocycles. The SMILES string of the molecule is CCCC[C@@H]1CC=CC2=C1[C@@H](C)CC(C)(C)O2. The first-order valence-electron chi connectivity index (χ1n) is 7.13. The Labute approximate surface area is 106 Å². The van der Waals surface area contributed by atoms with Gasteiger partial charge >= 0.3 is 0 Å². The predicted molar refractivity (Wildman–Crippen MR) is 72.7 cm³/mol. The van der Waals surface area contributed by atoms with Gasteiger partial charge < -0.3 is 4.74 Å². The van der Waals surface area contributed by atoms with Crippen molar-refractivity contribution in [2.75, 3.05) is 0 Å². The van der Waals surface area contributed by atoms with Gasteiger partial charge in [0.1, 0.15) is 11.4 Å². The Kier molecular flexibility index (Phi) is 3.65. The molecule has 0 aromatic heterocycles. The number of hydrogen-bond donors (Lipinski definition) is 0. The molecule has 0 spiro atoms. The maximum absolute atomic E-state index is 6.15. The molecule has 1 nitrogen and oxygen atoms in total. The quantitative estimate of drug-likeness (QED) is 0.679. The average Bonchev–Trinajstić information content (AvgIpc) is 2.23. The standard InChI is InChI=1S/C16H26O/c1-5-6-8-13-9-7-10-14-15(13)12(2)11-16(3,4)17-14/h7,10,12-13H,5-6,8-9,11H2,1-4H3/t12-,13+/m0/s1. The summed E-state index contributed by atoms with van der Waals surface area (Å²) in [5, 5.41) is 0. The summed E-state index contributed by atoms with van der Waals surface area (Å²) < 4.78 is 6.15. The highest BCUT2D eigenvalue weighted by atomic mass is 16.5. The third-order valence-electron chi connectivity index (χ3n) is 4.04. The van der Waals surface area contributed by atoms with Crippen molar-refractivity contribution in [3.8, 4) is 0 Å². The third kappa shape index (κ3) is 2.75. The molecule has 2 atom stereocenters. The van der Waals surface area contributed by atoms with Gasteiger partial charge in [-0.25, -0.2) is 0 Å². The molecule has 0 bridgehead atoms. The van der Waals surface area contributed by atoms with Gasteiger partial charge in [0, 0.05) is 0 Å². The van der Waals surface area contributed by atoms with Crippen LogP contribution in [-0.2, 0) is 4.74 Å². The van der Waals surface area contributed by atoms with Gasteiger partial charge in [-0.2, -0.15) is 0 Å². The Morgan fingerprint density at radius 2 is 2.18 bits per heavy atom. The molecule has 1 aliphatic heterocycles. The van der Waals surface area contributed by atoms with Gasteiger partial charge in [-0.3, -0.25) is 0 Å². The highest BCUT2D eigenvalue weighted by Gasteiger charge is 2.36. The van der Waals surface area contributed by atoms with Crippen molar-refractivity contribution in [3.05, 3.63) is 23.5 Å². The molecule has 0 saturated carbocycles. The van der Waals surface area contributed by atoms with Crippen LogP contribution in [0.3, 0.4) is 0 Å². The number of allylic oxidation sites excluding steroid dienone is 3. The van der Waals surface area contributed by atoms with Gasteiger partial charge in [0.15, 0.2) is 0 Å². The molecule has 0 aromatic rings. The lowest BCUT2D eigenvalue weighted by Gasteiger charge is -2.41. The van der Waals surface area contributed by atoms with Gasteiger partial charge in [0.25, 0.3) is 0 Å². The van der Waals surface area contributed by atoms with Crippen LogP contribution >= 0.6 is 0 Å². The van der Waals surface area contributed by atoms with Gasteiger partial charge in [-0.15, -0.1) is 0 Å². The Hall–Kier alpha value is -0.720. The van der Waals surface area contributed by atoms with Crippen LogP contribution < -0.4 is 0 Å². The zero-order chi connectivity index (χ0) is 12.5. The van der Waals surface area contributed by atoms with E-state index in [1.165, 1.54) is 31.4 Å². The molecule has 0 fully saturated rings. The first kappa shape index (κ1) is 12.7. The fraction of sp³-hybridized carbons (Fsp3) is 0.750. The summed E-state index contributed by atoms with van der Waals surface area (Å²) in [5.74, 6) is 2.60. The average molecular weight is 234 g/mol. The number of unbranched alkanes of at least 4 members (excludes halogenated alkanes) is 1. The summed E-state index contributed by atoms with van der Waals surface area (Å²) in [6.07, 6.45) is 10.8. The molecule has 0 unspecified atom stereocenters. The molecule has 2 aliphatic rings. The molecule has 1 heteroatoms. The van der Waals surface area contributed by atoms with E-state index in [9.17, 15) is 0 Å². The second kappa shape index (κ2) is 4.88.